The number of amides is 1. The molecule has 3 aliphatic heterocycles. The Kier molecular flexibility index (Phi) is 5.60. The maximum absolute atomic E-state index is 13.3. The standard InChI is InChI=1S/C28H23N5O3/c29-14-20-13-19-9-10-24(20)35-26-7-3-4-8-27(26)36-25-6-2-1-5-23(25)33-12-11-22(28(33)34)31-16-21-15-30-18-32(21)17-19/h1-10,13,15,18,22,31H,11-12,16-17H2/t22-/m1/s1. The number of nitriles is 1. The lowest BCUT2D eigenvalue weighted by Gasteiger charge is -2.21. The molecule has 8 nitrogen and oxygen atoms in total. The third-order valence-electron chi connectivity index (χ3n) is 6.50. The average molecular weight is 478 g/mol. The van der Waals surface area contributed by atoms with Crippen molar-refractivity contribution in [1.82, 2.24) is 14.9 Å². The topological polar surface area (TPSA) is 92.4 Å². The van der Waals surface area contributed by atoms with Gasteiger partial charge in [0.25, 0.3) is 0 Å². The fourth-order valence-electron chi connectivity index (χ4n) is 4.64. The van der Waals surface area contributed by atoms with Crippen LogP contribution in [0.1, 0.15) is 23.2 Å². The highest BCUT2D eigenvalue weighted by Gasteiger charge is 2.34. The van der Waals surface area contributed by atoms with Gasteiger partial charge < -0.3 is 24.3 Å². The van der Waals surface area contributed by atoms with Crippen LogP contribution in [0, 0.1) is 11.3 Å². The second kappa shape index (κ2) is 9.21. The summed E-state index contributed by atoms with van der Waals surface area (Å²) in [5, 5.41) is 13.2. The van der Waals surface area contributed by atoms with Crippen LogP contribution in [0.2, 0.25) is 0 Å². The van der Waals surface area contributed by atoms with Gasteiger partial charge in [0.15, 0.2) is 17.2 Å². The van der Waals surface area contributed by atoms with Crippen molar-refractivity contribution in [3.8, 4) is 29.1 Å². The summed E-state index contributed by atoms with van der Waals surface area (Å²) in [7, 11) is 0. The summed E-state index contributed by atoms with van der Waals surface area (Å²) in [6.07, 6.45) is 4.25. The predicted octanol–water partition coefficient (Wildman–Crippen LogP) is 4.60. The number of carbonyl (C=O) groups excluding carboxylic acids is 1. The van der Waals surface area contributed by atoms with Crippen LogP contribution in [-0.2, 0) is 17.9 Å². The molecule has 4 heterocycles. The molecule has 0 aliphatic carbocycles. The third kappa shape index (κ3) is 4.06. The molecular weight excluding hydrogens is 454 g/mol. The Morgan fingerprint density at radius 3 is 2.53 bits per heavy atom. The number of carbonyl (C=O) groups is 1. The Hall–Kier alpha value is -4.61. The minimum atomic E-state index is -0.305. The summed E-state index contributed by atoms with van der Waals surface area (Å²) >= 11 is 0. The van der Waals surface area contributed by atoms with Gasteiger partial charge in [-0.2, -0.15) is 5.26 Å². The van der Waals surface area contributed by atoms with Crippen LogP contribution in [0.5, 0.6) is 23.0 Å². The van der Waals surface area contributed by atoms with Crippen molar-refractivity contribution in [2.45, 2.75) is 25.6 Å². The van der Waals surface area contributed by atoms with Gasteiger partial charge in [-0.1, -0.05) is 30.3 Å². The Balaban J connectivity index is 1.45. The number of rotatable bonds is 0. The molecule has 4 bridgehead atoms. The van der Waals surface area contributed by atoms with Gasteiger partial charge >= 0.3 is 0 Å². The zero-order chi connectivity index (χ0) is 24.5. The first-order chi connectivity index (χ1) is 17.7. The molecule has 0 radical (unpaired) electrons. The van der Waals surface area contributed by atoms with E-state index in [9.17, 15) is 10.1 Å². The van der Waals surface area contributed by atoms with E-state index in [1.807, 2.05) is 59.2 Å². The van der Waals surface area contributed by atoms with E-state index in [1.165, 1.54) is 0 Å². The first kappa shape index (κ1) is 21.9. The molecule has 36 heavy (non-hydrogen) atoms. The molecule has 0 spiro atoms. The SMILES string of the molecule is N#Cc1cc2ccc1Oc1ccccc1Oc1ccccc1N1CC[C@@H](NCc3cncn3C2)C1=O. The van der Waals surface area contributed by atoms with Gasteiger partial charge in [0.2, 0.25) is 5.91 Å². The smallest absolute Gasteiger partial charge is 0.244 e. The Morgan fingerprint density at radius 1 is 0.972 bits per heavy atom. The molecule has 1 aromatic heterocycles. The third-order valence-corrected chi connectivity index (χ3v) is 6.50. The maximum Gasteiger partial charge on any atom is 0.244 e. The second-order valence-electron chi connectivity index (χ2n) is 8.79. The molecule has 4 aromatic rings. The molecule has 3 aromatic carbocycles. The van der Waals surface area contributed by atoms with Gasteiger partial charge in [-0.25, -0.2) is 4.98 Å². The van der Waals surface area contributed by atoms with Crippen LogP contribution in [0.4, 0.5) is 5.69 Å². The highest BCUT2D eigenvalue weighted by Crippen LogP contribution is 2.40. The number of para-hydroxylation sites is 4. The highest BCUT2D eigenvalue weighted by atomic mass is 16.5. The van der Waals surface area contributed by atoms with Gasteiger partial charge in [-0.05, 0) is 48.4 Å². The quantitative estimate of drug-likeness (QED) is 0.398. The van der Waals surface area contributed by atoms with Crippen molar-refractivity contribution >= 4 is 11.6 Å². The number of nitrogens with one attached hydrogen (secondary N) is 1. The summed E-state index contributed by atoms with van der Waals surface area (Å²) < 4.78 is 14.5. The zero-order valence-corrected chi connectivity index (χ0v) is 19.4. The van der Waals surface area contributed by atoms with Crippen molar-refractivity contribution in [2.75, 3.05) is 11.4 Å². The fraction of sp³-hybridized carbons (Fsp3) is 0.179. The highest BCUT2D eigenvalue weighted by molar-refractivity contribution is 6.00. The summed E-state index contributed by atoms with van der Waals surface area (Å²) in [5.74, 6) is 1.97. The number of anilines is 1. The molecule has 8 heteroatoms. The van der Waals surface area contributed by atoms with E-state index in [1.54, 1.807) is 29.6 Å². The number of nitrogens with zero attached hydrogens (tertiary/aromatic N) is 4. The van der Waals surface area contributed by atoms with Crippen LogP contribution >= 0.6 is 0 Å². The van der Waals surface area contributed by atoms with Gasteiger partial charge in [0, 0.05) is 25.8 Å². The molecule has 1 atom stereocenters. The lowest BCUT2D eigenvalue weighted by Crippen LogP contribution is -2.38. The van der Waals surface area contributed by atoms with Gasteiger partial charge in [0.05, 0.1) is 29.3 Å². The van der Waals surface area contributed by atoms with E-state index in [4.69, 9.17) is 9.47 Å². The fourth-order valence-corrected chi connectivity index (χ4v) is 4.64. The first-order valence-corrected chi connectivity index (χ1v) is 11.8. The second-order valence-corrected chi connectivity index (χ2v) is 8.79. The van der Waals surface area contributed by atoms with Crippen LogP contribution in [0.25, 0.3) is 0 Å². The lowest BCUT2D eigenvalue weighted by atomic mass is 10.1. The van der Waals surface area contributed by atoms with Crippen molar-refractivity contribution in [2.24, 2.45) is 0 Å². The molecule has 0 saturated carbocycles. The molecule has 1 N–H and O–H groups in total. The number of imidazole rings is 1. The Morgan fingerprint density at radius 2 is 1.72 bits per heavy atom. The van der Waals surface area contributed by atoms with Gasteiger partial charge in [-0.15, -0.1) is 0 Å². The predicted molar refractivity (Wildman–Crippen MR) is 133 cm³/mol. The average Bonchev–Trinajstić information content (AvgIpc) is 3.50. The number of hydrogen-bond donors (Lipinski definition) is 1. The van der Waals surface area contributed by atoms with E-state index in [-0.39, 0.29) is 11.9 Å². The van der Waals surface area contributed by atoms with Crippen molar-refractivity contribution in [3.63, 3.8) is 0 Å². The number of benzene rings is 3. The molecule has 178 valence electrons. The number of fused-ring (bicyclic) bond motifs is 3. The normalized spacial score (nSPS) is 17.0. The summed E-state index contributed by atoms with van der Waals surface area (Å²) in [5.41, 5.74) is 3.04. The minimum absolute atomic E-state index is 0.0104. The van der Waals surface area contributed by atoms with E-state index in [0.717, 1.165) is 11.3 Å². The minimum Gasteiger partial charge on any atom is -0.452 e. The molecule has 1 amide bonds. The van der Waals surface area contributed by atoms with Crippen molar-refractivity contribution in [3.05, 3.63) is 96.1 Å². The molecule has 7 rings (SSSR count). The summed E-state index contributed by atoms with van der Waals surface area (Å²) in [6.45, 7) is 1.63. The molecule has 3 aliphatic rings. The van der Waals surface area contributed by atoms with Crippen LogP contribution in [0.15, 0.2) is 79.3 Å². The van der Waals surface area contributed by atoms with Crippen LogP contribution in [-0.4, -0.2) is 28.0 Å². The largest absolute Gasteiger partial charge is 0.452 e. The Bertz CT molecular complexity index is 1490. The monoisotopic (exact) mass is 477 g/mol. The van der Waals surface area contributed by atoms with E-state index in [0.29, 0.717) is 60.3 Å². The van der Waals surface area contributed by atoms with E-state index < -0.39 is 0 Å². The van der Waals surface area contributed by atoms with Gasteiger partial charge in [-0.3, -0.25) is 4.79 Å². The number of ether oxygens (including phenoxy) is 2. The van der Waals surface area contributed by atoms with E-state index in [2.05, 4.69) is 16.4 Å². The lowest BCUT2D eigenvalue weighted by molar-refractivity contribution is -0.118. The summed E-state index contributed by atoms with van der Waals surface area (Å²) in [6, 6.07) is 22.3. The van der Waals surface area contributed by atoms with Crippen LogP contribution in [0.3, 0.4) is 0 Å². The van der Waals surface area contributed by atoms with Crippen molar-refractivity contribution < 1.29 is 14.3 Å². The maximum atomic E-state index is 13.3. The molecular formula is C28H23N5O3. The first-order valence-electron chi connectivity index (χ1n) is 11.8. The molecule has 1 fully saturated rings. The van der Waals surface area contributed by atoms with E-state index >= 15 is 0 Å². The van der Waals surface area contributed by atoms with Crippen molar-refractivity contribution in [1.29, 1.82) is 5.26 Å². The molecule has 0 unspecified atom stereocenters. The van der Waals surface area contributed by atoms with Crippen LogP contribution < -0.4 is 19.7 Å². The Labute approximate surface area is 208 Å². The van der Waals surface area contributed by atoms with Gasteiger partial charge in [0.1, 0.15) is 11.8 Å². The zero-order valence-electron chi connectivity index (χ0n) is 19.4. The number of hydrogen-bond acceptors (Lipinski definition) is 6. The number of aromatic nitrogens is 2. The summed E-state index contributed by atoms with van der Waals surface area (Å²) in [4.78, 5) is 19.4. The molecule has 1 saturated heterocycles.